The molecule has 2 N–H and O–H groups in total. The third-order valence-corrected chi connectivity index (χ3v) is 2.15. The summed E-state index contributed by atoms with van der Waals surface area (Å²) >= 11 is 0. The van der Waals surface area contributed by atoms with E-state index in [2.05, 4.69) is 0 Å². The standard InChI is InChI=1S/C14H21NO3/c1-14(2,3)18-13(16)12(15)9-10-17-11-7-5-4-6-8-11/h4-8,12H,9-10,15H2,1-3H3. The Hall–Kier alpha value is -1.55. The summed E-state index contributed by atoms with van der Waals surface area (Å²) in [5.74, 6) is 0.382. The van der Waals surface area contributed by atoms with Crippen molar-refractivity contribution in [3.63, 3.8) is 0 Å². The summed E-state index contributed by atoms with van der Waals surface area (Å²) in [4.78, 5) is 11.6. The van der Waals surface area contributed by atoms with Crippen LogP contribution in [0.2, 0.25) is 0 Å². The average molecular weight is 251 g/mol. The van der Waals surface area contributed by atoms with Crippen molar-refractivity contribution >= 4 is 5.97 Å². The van der Waals surface area contributed by atoms with E-state index in [1.54, 1.807) is 0 Å². The zero-order chi connectivity index (χ0) is 13.6. The molecule has 0 aliphatic rings. The van der Waals surface area contributed by atoms with Crippen molar-refractivity contribution in [3.8, 4) is 5.75 Å². The molecule has 1 unspecified atom stereocenters. The molecule has 4 nitrogen and oxygen atoms in total. The molecule has 4 heteroatoms. The Balaban J connectivity index is 2.29. The van der Waals surface area contributed by atoms with Gasteiger partial charge in [-0.25, -0.2) is 0 Å². The number of hydrogen-bond donors (Lipinski definition) is 1. The highest BCUT2D eigenvalue weighted by atomic mass is 16.6. The minimum atomic E-state index is -0.645. The van der Waals surface area contributed by atoms with E-state index in [9.17, 15) is 4.79 Å². The SMILES string of the molecule is CC(C)(C)OC(=O)C(N)CCOc1ccccc1. The summed E-state index contributed by atoms with van der Waals surface area (Å²) in [5, 5.41) is 0. The molecule has 0 amide bonds. The van der Waals surface area contributed by atoms with Crippen LogP contribution in [0.3, 0.4) is 0 Å². The molecule has 0 bridgehead atoms. The summed E-state index contributed by atoms with van der Waals surface area (Å²) in [5.41, 5.74) is 5.23. The lowest BCUT2D eigenvalue weighted by atomic mass is 10.2. The number of nitrogens with two attached hydrogens (primary N) is 1. The lowest BCUT2D eigenvalue weighted by Gasteiger charge is -2.22. The second-order valence-corrected chi connectivity index (χ2v) is 5.09. The number of ether oxygens (including phenoxy) is 2. The van der Waals surface area contributed by atoms with Crippen LogP contribution in [-0.4, -0.2) is 24.2 Å². The molecule has 0 aromatic heterocycles. The topological polar surface area (TPSA) is 61.5 Å². The van der Waals surface area contributed by atoms with Crippen LogP contribution in [0.25, 0.3) is 0 Å². The molecule has 1 aromatic rings. The molecule has 0 saturated carbocycles. The highest BCUT2D eigenvalue weighted by Crippen LogP contribution is 2.11. The van der Waals surface area contributed by atoms with Gasteiger partial charge < -0.3 is 15.2 Å². The Labute approximate surface area is 108 Å². The highest BCUT2D eigenvalue weighted by molar-refractivity contribution is 5.75. The minimum absolute atomic E-state index is 0.390. The number of para-hydroxylation sites is 1. The molecular formula is C14H21NO3. The molecule has 1 atom stereocenters. The summed E-state index contributed by atoms with van der Waals surface area (Å²) in [6, 6.07) is 8.77. The molecular weight excluding hydrogens is 230 g/mol. The van der Waals surface area contributed by atoms with Gasteiger partial charge in [0.1, 0.15) is 17.4 Å². The largest absolute Gasteiger partial charge is 0.494 e. The molecule has 0 spiro atoms. The van der Waals surface area contributed by atoms with Gasteiger partial charge in [0.05, 0.1) is 6.61 Å². The fourth-order valence-electron chi connectivity index (χ4n) is 1.32. The van der Waals surface area contributed by atoms with E-state index in [0.29, 0.717) is 13.0 Å². The molecule has 0 aliphatic heterocycles. The Morgan fingerprint density at radius 3 is 2.44 bits per heavy atom. The van der Waals surface area contributed by atoms with Crippen molar-refractivity contribution in [2.24, 2.45) is 5.73 Å². The lowest BCUT2D eigenvalue weighted by Crippen LogP contribution is -2.38. The number of esters is 1. The van der Waals surface area contributed by atoms with Crippen LogP contribution in [0.15, 0.2) is 30.3 Å². The number of carbonyl (C=O) groups is 1. The first-order valence-electron chi connectivity index (χ1n) is 6.05. The normalized spacial score (nSPS) is 12.9. The van der Waals surface area contributed by atoms with E-state index in [4.69, 9.17) is 15.2 Å². The van der Waals surface area contributed by atoms with E-state index < -0.39 is 11.6 Å². The van der Waals surface area contributed by atoms with Gasteiger partial charge in [0.25, 0.3) is 0 Å². The third kappa shape index (κ3) is 5.68. The number of rotatable bonds is 5. The molecule has 1 aromatic carbocycles. The van der Waals surface area contributed by atoms with Gasteiger partial charge in [0.15, 0.2) is 0 Å². The maximum Gasteiger partial charge on any atom is 0.323 e. The maximum atomic E-state index is 11.6. The van der Waals surface area contributed by atoms with Crippen LogP contribution in [0.1, 0.15) is 27.2 Å². The smallest absolute Gasteiger partial charge is 0.323 e. The summed E-state index contributed by atoms with van der Waals surface area (Å²) in [6.07, 6.45) is 0.434. The van der Waals surface area contributed by atoms with Crippen LogP contribution in [-0.2, 0) is 9.53 Å². The average Bonchev–Trinajstić information content (AvgIpc) is 2.28. The van der Waals surface area contributed by atoms with Gasteiger partial charge in [-0.2, -0.15) is 0 Å². The van der Waals surface area contributed by atoms with E-state index >= 15 is 0 Å². The van der Waals surface area contributed by atoms with Crippen LogP contribution >= 0.6 is 0 Å². The van der Waals surface area contributed by atoms with Gasteiger partial charge >= 0.3 is 5.97 Å². The molecule has 0 aliphatic carbocycles. The molecule has 100 valence electrons. The Morgan fingerprint density at radius 1 is 1.28 bits per heavy atom. The first-order chi connectivity index (χ1) is 8.38. The molecule has 0 fully saturated rings. The number of benzene rings is 1. The van der Waals surface area contributed by atoms with E-state index in [1.807, 2.05) is 51.1 Å². The Kier molecular flexibility index (Phi) is 5.16. The number of carbonyl (C=O) groups excluding carboxylic acids is 1. The minimum Gasteiger partial charge on any atom is -0.494 e. The van der Waals surface area contributed by atoms with Gasteiger partial charge in [-0.05, 0) is 32.9 Å². The van der Waals surface area contributed by atoms with Crippen molar-refractivity contribution in [3.05, 3.63) is 30.3 Å². The van der Waals surface area contributed by atoms with Gasteiger partial charge in [-0.3, -0.25) is 4.79 Å². The first-order valence-corrected chi connectivity index (χ1v) is 6.05. The monoisotopic (exact) mass is 251 g/mol. The summed E-state index contributed by atoms with van der Waals surface area (Å²) in [6.45, 7) is 5.85. The summed E-state index contributed by atoms with van der Waals surface area (Å²) < 4.78 is 10.7. The molecule has 18 heavy (non-hydrogen) atoms. The van der Waals surface area contributed by atoms with Crippen molar-refractivity contribution < 1.29 is 14.3 Å². The van der Waals surface area contributed by atoms with E-state index in [-0.39, 0.29) is 5.97 Å². The van der Waals surface area contributed by atoms with Crippen molar-refractivity contribution in [1.29, 1.82) is 0 Å². The number of hydrogen-bond acceptors (Lipinski definition) is 4. The Morgan fingerprint density at radius 2 is 1.89 bits per heavy atom. The predicted molar refractivity (Wildman–Crippen MR) is 70.4 cm³/mol. The van der Waals surface area contributed by atoms with Crippen LogP contribution in [0, 0.1) is 0 Å². The van der Waals surface area contributed by atoms with E-state index in [1.165, 1.54) is 0 Å². The van der Waals surface area contributed by atoms with Crippen molar-refractivity contribution in [2.75, 3.05) is 6.61 Å². The molecule has 1 rings (SSSR count). The first kappa shape index (κ1) is 14.5. The molecule has 0 radical (unpaired) electrons. The fraction of sp³-hybridized carbons (Fsp3) is 0.500. The predicted octanol–water partition coefficient (Wildman–Crippen LogP) is 2.12. The molecule has 0 heterocycles. The summed E-state index contributed by atoms with van der Waals surface area (Å²) in [7, 11) is 0. The van der Waals surface area contributed by atoms with Crippen LogP contribution in [0.5, 0.6) is 5.75 Å². The van der Waals surface area contributed by atoms with Crippen molar-refractivity contribution in [2.45, 2.75) is 38.8 Å². The van der Waals surface area contributed by atoms with Gasteiger partial charge in [0, 0.05) is 6.42 Å². The van der Waals surface area contributed by atoms with Gasteiger partial charge in [-0.1, -0.05) is 18.2 Å². The zero-order valence-electron chi connectivity index (χ0n) is 11.2. The van der Waals surface area contributed by atoms with Gasteiger partial charge in [-0.15, -0.1) is 0 Å². The maximum absolute atomic E-state index is 11.6. The van der Waals surface area contributed by atoms with Crippen LogP contribution in [0.4, 0.5) is 0 Å². The third-order valence-electron chi connectivity index (χ3n) is 2.15. The lowest BCUT2D eigenvalue weighted by molar-refractivity contribution is -0.156. The van der Waals surface area contributed by atoms with Gasteiger partial charge in [0.2, 0.25) is 0 Å². The van der Waals surface area contributed by atoms with E-state index in [0.717, 1.165) is 5.75 Å². The quantitative estimate of drug-likeness (QED) is 0.814. The molecule has 0 saturated heterocycles. The van der Waals surface area contributed by atoms with Crippen LogP contribution < -0.4 is 10.5 Å². The Bertz CT molecular complexity index is 370. The zero-order valence-corrected chi connectivity index (χ0v) is 11.2. The van der Waals surface area contributed by atoms with Crippen molar-refractivity contribution in [1.82, 2.24) is 0 Å². The second kappa shape index (κ2) is 6.40. The second-order valence-electron chi connectivity index (χ2n) is 5.09. The highest BCUT2D eigenvalue weighted by Gasteiger charge is 2.21. The fourth-order valence-corrected chi connectivity index (χ4v) is 1.32.